The third kappa shape index (κ3) is 4.72. The van der Waals surface area contributed by atoms with Crippen LogP contribution < -0.4 is 15.6 Å². The fraction of sp³-hybridized carbons (Fsp3) is 0. The van der Waals surface area contributed by atoms with Crippen LogP contribution in [0.25, 0.3) is 0 Å². The number of nitrogens with one attached hydrogen (secondary N) is 3. The van der Waals surface area contributed by atoms with Crippen molar-refractivity contribution in [3.05, 3.63) is 82.3 Å². The summed E-state index contributed by atoms with van der Waals surface area (Å²) < 4.78 is 39.9. The third-order valence-electron chi connectivity index (χ3n) is 3.56. The number of benzene rings is 2. The number of rotatable bonds is 5. The van der Waals surface area contributed by atoms with Crippen LogP contribution in [0.1, 0.15) is 20.0 Å². The maximum absolute atomic E-state index is 12.9. The molecule has 7 nitrogen and oxygen atoms in total. The summed E-state index contributed by atoms with van der Waals surface area (Å²) in [7, 11) is -3.90. The summed E-state index contributed by atoms with van der Waals surface area (Å²) in [6.07, 6.45) is 0. The van der Waals surface area contributed by atoms with Crippen molar-refractivity contribution in [2.24, 2.45) is 0 Å². The Labute approximate surface area is 164 Å². The minimum atomic E-state index is -3.90. The number of thiophene rings is 1. The molecule has 144 valence electrons. The van der Waals surface area contributed by atoms with Crippen LogP contribution in [-0.4, -0.2) is 20.2 Å². The number of amides is 2. The summed E-state index contributed by atoms with van der Waals surface area (Å²) in [5.41, 5.74) is 4.90. The standard InChI is InChI=1S/C18H14FN3O4S2/c19-13-5-7-14(8-6-13)22-28(25,26)15-9-3-12(4-10-15)17(23)20-21-18(24)16-2-1-11-27-16/h1-11,22H,(H,20,23)(H,21,24). The van der Waals surface area contributed by atoms with Crippen molar-refractivity contribution >= 4 is 38.9 Å². The molecular weight excluding hydrogens is 405 g/mol. The highest BCUT2D eigenvalue weighted by Crippen LogP contribution is 2.17. The first-order valence-corrected chi connectivity index (χ1v) is 10.2. The first-order valence-electron chi connectivity index (χ1n) is 7.88. The molecule has 0 radical (unpaired) electrons. The Kier molecular flexibility index (Phi) is 5.71. The van der Waals surface area contributed by atoms with Crippen LogP contribution in [0.4, 0.5) is 10.1 Å². The maximum Gasteiger partial charge on any atom is 0.279 e. The number of halogens is 1. The Morgan fingerprint density at radius 1 is 0.857 bits per heavy atom. The van der Waals surface area contributed by atoms with Crippen LogP contribution in [0.5, 0.6) is 0 Å². The van der Waals surface area contributed by atoms with Crippen LogP contribution in [-0.2, 0) is 10.0 Å². The molecule has 28 heavy (non-hydrogen) atoms. The summed E-state index contributed by atoms with van der Waals surface area (Å²) in [6.45, 7) is 0. The van der Waals surface area contributed by atoms with E-state index in [0.29, 0.717) is 4.88 Å². The molecule has 0 atom stereocenters. The summed E-state index contributed by atoms with van der Waals surface area (Å²) in [5.74, 6) is -1.53. The minimum Gasteiger partial charge on any atom is -0.280 e. The third-order valence-corrected chi connectivity index (χ3v) is 5.82. The van der Waals surface area contributed by atoms with Crippen molar-refractivity contribution < 1.29 is 22.4 Å². The minimum absolute atomic E-state index is 0.0732. The Bertz CT molecular complexity index is 1080. The van der Waals surface area contributed by atoms with Gasteiger partial charge < -0.3 is 0 Å². The topological polar surface area (TPSA) is 104 Å². The van der Waals surface area contributed by atoms with Gasteiger partial charge >= 0.3 is 0 Å². The number of carbonyl (C=O) groups excluding carboxylic acids is 2. The van der Waals surface area contributed by atoms with Gasteiger partial charge in [-0.15, -0.1) is 11.3 Å². The van der Waals surface area contributed by atoms with Gasteiger partial charge in [0.15, 0.2) is 0 Å². The molecule has 10 heteroatoms. The van der Waals surface area contributed by atoms with E-state index >= 15 is 0 Å². The number of anilines is 1. The Balaban J connectivity index is 1.64. The molecular formula is C18H14FN3O4S2. The number of hydrazine groups is 1. The van der Waals surface area contributed by atoms with E-state index in [9.17, 15) is 22.4 Å². The highest BCUT2D eigenvalue weighted by molar-refractivity contribution is 7.92. The van der Waals surface area contributed by atoms with E-state index in [1.54, 1.807) is 17.5 Å². The molecule has 0 bridgehead atoms. The van der Waals surface area contributed by atoms with Crippen LogP contribution in [0.3, 0.4) is 0 Å². The van der Waals surface area contributed by atoms with Gasteiger partial charge in [0.05, 0.1) is 9.77 Å². The van der Waals surface area contributed by atoms with Gasteiger partial charge in [-0.25, -0.2) is 12.8 Å². The van der Waals surface area contributed by atoms with Crippen molar-refractivity contribution in [1.29, 1.82) is 0 Å². The van der Waals surface area contributed by atoms with E-state index in [1.807, 2.05) is 0 Å². The molecule has 1 aromatic heterocycles. The molecule has 0 aliphatic heterocycles. The SMILES string of the molecule is O=C(NNC(=O)c1cccs1)c1ccc(S(=O)(=O)Nc2ccc(F)cc2)cc1. The van der Waals surface area contributed by atoms with Crippen molar-refractivity contribution in [2.45, 2.75) is 4.90 Å². The van der Waals surface area contributed by atoms with E-state index in [4.69, 9.17) is 0 Å². The second kappa shape index (κ2) is 8.19. The van der Waals surface area contributed by atoms with Gasteiger partial charge in [0, 0.05) is 11.3 Å². The molecule has 2 aromatic carbocycles. The Hall–Kier alpha value is -3.24. The van der Waals surface area contributed by atoms with Gasteiger partial charge in [0.25, 0.3) is 21.8 Å². The number of hydrogen-bond donors (Lipinski definition) is 3. The second-order valence-electron chi connectivity index (χ2n) is 5.52. The fourth-order valence-corrected chi connectivity index (χ4v) is 3.85. The van der Waals surface area contributed by atoms with Crippen molar-refractivity contribution in [3.8, 4) is 0 Å². The Morgan fingerprint density at radius 2 is 1.50 bits per heavy atom. The molecule has 0 aliphatic rings. The van der Waals surface area contributed by atoms with Crippen molar-refractivity contribution in [1.82, 2.24) is 10.9 Å². The monoisotopic (exact) mass is 419 g/mol. The largest absolute Gasteiger partial charge is 0.280 e. The van der Waals surface area contributed by atoms with Crippen LogP contribution in [0, 0.1) is 5.82 Å². The van der Waals surface area contributed by atoms with E-state index < -0.39 is 27.7 Å². The molecule has 3 rings (SSSR count). The fourth-order valence-electron chi connectivity index (χ4n) is 2.17. The molecule has 0 saturated carbocycles. The lowest BCUT2D eigenvalue weighted by Crippen LogP contribution is -2.41. The van der Waals surface area contributed by atoms with Gasteiger partial charge in [-0.2, -0.15) is 0 Å². The molecule has 0 unspecified atom stereocenters. The summed E-state index contributed by atoms with van der Waals surface area (Å²) >= 11 is 1.23. The summed E-state index contributed by atoms with van der Waals surface area (Å²) in [4.78, 5) is 24.2. The molecule has 2 amide bonds. The highest BCUT2D eigenvalue weighted by atomic mass is 32.2. The van der Waals surface area contributed by atoms with Crippen molar-refractivity contribution in [3.63, 3.8) is 0 Å². The molecule has 3 N–H and O–H groups in total. The van der Waals surface area contributed by atoms with E-state index in [1.165, 1.54) is 47.7 Å². The van der Waals surface area contributed by atoms with Gasteiger partial charge in [-0.3, -0.25) is 25.2 Å². The van der Waals surface area contributed by atoms with Crippen molar-refractivity contribution in [2.75, 3.05) is 4.72 Å². The second-order valence-corrected chi connectivity index (χ2v) is 8.15. The Morgan fingerprint density at radius 3 is 2.11 bits per heavy atom. The first kappa shape index (κ1) is 19.5. The number of carbonyl (C=O) groups is 2. The van der Waals surface area contributed by atoms with Crippen LogP contribution in [0.15, 0.2) is 70.9 Å². The quantitative estimate of drug-likeness (QED) is 0.553. The smallest absolute Gasteiger partial charge is 0.279 e. The molecule has 0 fully saturated rings. The normalized spacial score (nSPS) is 10.9. The predicted molar refractivity (Wildman–Crippen MR) is 103 cm³/mol. The number of sulfonamides is 1. The zero-order chi connectivity index (χ0) is 20.1. The molecule has 0 spiro atoms. The molecule has 0 aliphatic carbocycles. The number of hydrogen-bond acceptors (Lipinski definition) is 5. The van der Waals surface area contributed by atoms with E-state index in [2.05, 4.69) is 15.6 Å². The highest BCUT2D eigenvalue weighted by Gasteiger charge is 2.16. The zero-order valence-corrected chi connectivity index (χ0v) is 15.8. The van der Waals surface area contributed by atoms with Crippen LogP contribution >= 0.6 is 11.3 Å². The van der Waals surface area contributed by atoms with Gasteiger partial charge in [-0.1, -0.05) is 6.07 Å². The predicted octanol–water partition coefficient (Wildman–Crippen LogP) is 2.76. The lowest BCUT2D eigenvalue weighted by atomic mass is 10.2. The van der Waals surface area contributed by atoms with E-state index in [0.717, 1.165) is 12.1 Å². The maximum atomic E-state index is 12.9. The van der Waals surface area contributed by atoms with Gasteiger partial charge in [-0.05, 0) is 60.0 Å². The lowest BCUT2D eigenvalue weighted by molar-refractivity contribution is 0.0849. The molecule has 0 saturated heterocycles. The summed E-state index contributed by atoms with van der Waals surface area (Å²) in [6, 6.07) is 13.3. The van der Waals surface area contributed by atoms with Gasteiger partial charge in [0.2, 0.25) is 0 Å². The summed E-state index contributed by atoms with van der Waals surface area (Å²) in [5, 5.41) is 1.73. The average molecular weight is 419 g/mol. The molecule has 3 aromatic rings. The average Bonchev–Trinajstić information content (AvgIpc) is 3.22. The van der Waals surface area contributed by atoms with Crippen LogP contribution in [0.2, 0.25) is 0 Å². The van der Waals surface area contributed by atoms with E-state index in [-0.39, 0.29) is 16.1 Å². The van der Waals surface area contributed by atoms with Gasteiger partial charge in [0.1, 0.15) is 5.82 Å². The first-order chi connectivity index (χ1) is 13.3. The zero-order valence-electron chi connectivity index (χ0n) is 14.2. The lowest BCUT2D eigenvalue weighted by Gasteiger charge is -2.09. The molecule has 1 heterocycles.